The largest absolute Gasteiger partial charge is 0.481 e. The number of thiazole rings is 1. The Balaban J connectivity index is 2.14. The third-order valence-electron chi connectivity index (χ3n) is 3.74. The molecule has 0 fully saturated rings. The van der Waals surface area contributed by atoms with Crippen molar-refractivity contribution in [2.45, 2.75) is 32.2 Å². The Kier molecular flexibility index (Phi) is 6.44. The third-order valence-corrected chi connectivity index (χ3v) is 4.89. The lowest BCUT2D eigenvalue weighted by Crippen LogP contribution is -2.50. The number of aliphatic carboxylic acids is 1. The highest BCUT2D eigenvalue weighted by Gasteiger charge is 2.31. The molecule has 1 unspecified atom stereocenters. The maximum Gasteiger partial charge on any atom is 0.305 e. The van der Waals surface area contributed by atoms with Crippen molar-refractivity contribution in [3.05, 3.63) is 51.2 Å². The third kappa shape index (κ3) is 5.34. The summed E-state index contributed by atoms with van der Waals surface area (Å²) in [4.78, 5) is 28.5. The van der Waals surface area contributed by atoms with Crippen LogP contribution in [0.1, 0.15) is 39.3 Å². The van der Waals surface area contributed by atoms with Crippen LogP contribution in [-0.2, 0) is 16.0 Å². The van der Waals surface area contributed by atoms with Crippen molar-refractivity contribution in [3.63, 3.8) is 0 Å². The molecule has 2 rings (SSSR count). The number of amides is 1. The van der Waals surface area contributed by atoms with Crippen LogP contribution in [0.3, 0.4) is 0 Å². The van der Waals surface area contributed by atoms with E-state index in [1.54, 1.807) is 26.0 Å². The number of carboxylic acids is 1. The lowest BCUT2D eigenvalue weighted by atomic mass is 9.99. The van der Waals surface area contributed by atoms with Gasteiger partial charge in [0.05, 0.1) is 29.3 Å². The van der Waals surface area contributed by atoms with Gasteiger partial charge in [0.2, 0.25) is 0 Å². The zero-order chi connectivity index (χ0) is 19.3. The molecule has 8 heteroatoms. The van der Waals surface area contributed by atoms with Gasteiger partial charge in [0.25, 0.3) is 5.91 Å². The van der Waals surface area contributed by atoms with Crippen molar-refractivity contribution >= 4 is 23.2 Å². The van der Waals surface area contributed by atoms with E-state index in [2.05, 4.69) is 10.3 Å². The van der Waals surface area contributed by atoms with Gasteiger partial charge >= 0.3 is 5.97 Å². The summed E-state index contributed by atoms with van der Waals surface area (Å²) in [5, 5.41) is 12.5. The van der Waals surface area contributed by atoms with Crippen LogP contribution >= 0.6 is 11.3 Å². The number of halogens is 1. The number of aryl methyl sites for hydroxylation is 1. The molecular formula is C18H21FN2O4S. The van der Waals surface area contributed by atoms with Crippen LogP contribution in [0.5, 0.6) is 0 Å². The maximum absolute atomic E-state index is 13.0. The molecule has 0 radical (unpaired) electrons. The predicted octanol–water partition coefficient (Wildman–Crippen LogP) is 2.79. The molecule has 0 saturated carbocycles. The molecule has 0 aliphatic rings. The van der Waals surface area contributed by atoms with Crippen molar-refractivity contribution in [3.8, 4) is 0 Å². The summed E-state index contributed by atoms with van der Waals surface area (Å²) in [6, 6.07) is 6.11. The van der Waals surface area contributed by atoms with Gasteiger partial charge in [-0.3, -0.25) is 9.59 Å². The number of aromatic nitrogens is 1. The number of carbonyl (C=O) groups excluding carboxylic acids is 1. The summed E-state index contributed by atoms with van der Waals surface area (Å²) < 4.78 is 18.0. The van der Waals surface area contributed by atoms with E-state index in [0.717, 1.165) is 10.6 Å². The summed E-state index contributed by atoms with van der Waals surface area (Å²) in [5.74, 6) is -1.71. The highest BCUT2D eigenvalue weighted by atomic mass is 32.1. The Hall–Kier alpha value is -2.32. The number of rotatable bonds is 8. The molecule has 0 saturated heterocycles. The fourth-order valence-corrected chi connectivity index (χ4v) is 3.62. The molecular weight excluding hydrogens is 359 g/mol. The molecule has 2 N–H and O–H groups in total. The molecule has 140 valence electrons. The van der Waals surface area contributed by atoms with Crippen molar-refractivity contribution < 1.29 is 23.8 Å². The van der Waals surface area contributed by atoms with Gasteiger partial charge in [-0.25, -0.2) is 9.37 Å². The number of carbonyl (C=O) groups is 2. The van der Waals surface area contributed by atoms with Gasteiger partial charge in [0.1, 0.15) is 10.7 Å². The van der Waals surface area contributed by atoms with Crippen LogP contribution in [0.25, 0.3) is 0 Å². The minimum atomic E-state index is -1.03. The maximum atomic E-state index is 13.0. The molecule has 2 aromatic rings. The number of carboxylic acid groups (broad SMARTS) is 1. The molecule has 1 aromatic heterocycles. The topological polar surface area (TPSA) is 88.5 Å². The molecule has 0 bridgehead atoms. The number of benzene rings is 1. The second-order valence-electron chi connectivity index (χ2n) is 6.34. The lowest BCUT2D eigenvalue weighted by Gasteiger charge is -2.28. The fourth-order valence-electron chi connectivity index (χ4n) is 2.63. The van der Waals surface area contributed by atoms with Crippen LogP contribution in [-0.4, -0.2) is 41.2 Å². The second-order valence-corrected chi connectivity index (χ2v) is 7.43. The van der Waals surface area contributed by atoms with E-state index < -0.39 is 11.5 Å². The van der Waals surface area contributed by atoms with Crippen LogP contribution in [0.4, 0.5) is 4.39 Å². The Morgan fingerprint density at radius 3 is 2.58 bits per heavy atom. The van der Waals surface area contributed by atoms with E-state index in [-0.39, 0.29) is 24.8 Å². The molecule has 0 aliphatic carbocycles. The average Bonchev–Trinajstić information content (AvgIpc) is 2.89. The summed E-state index contributed by atoms with van der Waals surface area (Å²) in [6.07, 6.45) is 0.233. The van der Waals surface area contributed by atoms with Crippen LogP contribution in [0.15, 0.2) is 24.3 Å². The van der Waals surface area contributed by atoms with Crippen molar-refractivity contribution in [2.75, 3.05) is 13.7 Å². The standard InChI is InChI=1S/C18H21FN2O4S/c1-11-16(17(24)21-18(2,10-25-3)9-15(22)23)26-14(20-11)8-12-4-6-13(19)7-5-12/h4-7H,8-10H2,1-3H3,(H,21,24)(H,22,23). The van der Waals surface area contributed by atoms with Gasteiger partial charge in [-0.15, -0.1) is 11.3 Å². The first-order valence-corrected chi connectivity index (χ1v) is 8.78. The van der Waals surface area contributed by atoms with Crippen LogP contribution in [0.2, 0.25) is 0 Å². The number of hydrogen-bond donors (Lipinski definition) is 2. The lowest BCUT2D eigenvalue weighted by molar-refractivity contribution is -0.139. The highest BCUT2D eigenvalue weighted by molar-refractivity contribution is 7.13. The normalized spacial score (nSPS) is 13.2. The van der Waals surface area contributed by atoms with Gasteiger partial charge in [-0.05, 0) is 31.5 Å². The van der Waals surface area contributed by atoms with Gasteiger partial charge < -0.3 is 15.2 Å². The van der Waals surface area contributed by atoms with Crippen LogP contribution in [0, 0.1) is 12.7 Å². The zero-order valence-electron chi connectivity index (χ0n) is 14.8. The zero-order valence-corrected chi connectivity index (χ0v) is 15.7. The number of nitrogens with zero attached hydrogens (tertiary/aromatic N) is 1. The van der Waals surface area contributed by atoms with E-state index >= 15 is 0 Å². The Morgan fingerprint density at radius 2 is 2.00 bits per heavy atom. The molecule has 0 aliphatic heterocycles. The van der Waals surface area contributed by atoms with Crippen molar-refractivity contribution in [2.24, 2.45) is 0 Å². The molecule has 1 heterocycles. The first-order chi connectivity index (χ1) is 12.2. The smallest absolute Gasteiger partial charge is 0.305 e. The number of methoxy groups -OCH3 is 1. The SMILES string of the molecule is COCC(C)(CC(=O)O)NC(=O)c1sc(Cc2ccc(F)cc2)nc1C. The number of nitrogens with one attached hydrogen (secondary N) is 1. The molecule has 1 atom stereocenters. The van der Waals surface area contributed by atoms with Gasteiger partial charge in [-0.2, -0.15) is 0 Å². The van der Waals surface area contributed by atoms with Gasteiger partial charge in [-0.1, -0.05) is 12.1 Å². The summed E-state index contributed by atoms with van der Waals surface area (Å²) in [7, 11) is 1.45. The molecule has 26 heavy (non-hydrogen) atoms. The van der Waals surface area contributed by atoms with E-state index in [4.69, 9.17) is 9.84 Å². The minimum Gasteiger partial charge on any atom is -0.481 e. The average molecular weight is 380 g/mol. The number of ether oxygens (including phenoxy) is 1. The van der Waals surface area contributed by atoms with E-state index in [1.807, 2.05) is 0 Å². The fraction of sp³-hybridized carbons (Fsp3) is 0.389. The second kappa shape index (κ2) is 8.37. The Bertz CT molecular complexity index is 791. The van der Waals surface area contributed by atoms with Gasteiger partial charge in [0.15, 0.2) is 0 Å². The van der Waals surface area contributed by atoms with Gasteiger partial charge in [0, 0.05) is 13.5 Å². The molecule has 1 aromatic carbocycles. The van der Waals surface area contributed by atoms with Crippen molar-refractivity contribution in [1.29, 1.82) is 0 Å². The monoisotopic (exact) mass is 380 g/mol. The van der Waals surface area contributed by atoms with E-state index in [9.17, 15) is 14.0 Å². The van der Waals surface area contributed by atoms with Crippen molar-refractivity contribution in [1.82, 2.24) is 10.3 Å². The first-order valence-electron chi connectivity index (χ1n) is 7.96. The van der Waals surface area contributed by atoms with E-state index in [1.165, 1.54) is 30.6 Å². The predicted molar refractivity (Wildman–Crippen MR) is 96.1 cm³/mol. The number of hydrogen-bond acceptors (Lipinski definition) is 5. The molecule has 1 amide bonds. The Labute approximate surface area is 155 Å². The highest BCUT2D eigenvalue weighted by Crippen LogP contribution is 2.22. The summed E-state index contributed by atoms with van der Waals surface area (Å²) >= 11 is 1.24. The molecule has 6 nitrogen and oxygen atoms in total. The van der Waals surface area contributed by atoms with Crippen LogP contribution < -0.4 is 5.32 Å². The summed E-state index contributed by atoms with van der Waals surface area (Å²) in [6.45, 7) is 3.42. The first kappa shape index (κ1) is 20.0. The summed E-state index contributed by atoms with van der Waals surface area (Å²) in [5.41, 5.74) is 0.437. The quantitative estimate of drug-likeness (QED) is 0.735. The molecule has 0 spiro atoms. The Morgan fingerprint density at radius 1 is 1.35 bits per heavy atom. The minimum absolute atomic E-state index is 0.0747. The van der Waals surface area contributed by atoms with E-state index in [0.29, 0.717) is 17.0 Å².